The highest BCUT2D eigenvalue weighted by Crippen LogP contribution is 2.27. The zero-order valence-corrected chi connectivity index (χ0v) is 10.0. The number of hydrogen-bond donors (Lipinski definition) is 1. The topological polar surface area (TPSA) is 42.8 Å². The van der Waals surface area contributed by atoms with Crippen LogP contribution in [0.2, 0.25) is 0 Å². The van der Waals surface area contributed by atoms with Gasteiger partial charge in [-0.1, -0.05) is 12.1 Å². The maximum Gasteiger partial charge on any atom is 0.195 e. The smallest absolute Gasteiger partial charge is 0.195 e. The van der Waals surface area contributed by atoms with Crippen molar-refractivity contribution in [2.75, 3.05) is 6.61 Å². The Labute approximate surface area is 98.9 Å². The van der Waals surface area contributed by atoms with Gasteiger partial charge in [0, 0.05) is 7.05 Å². The largest absolute Gasteiger partial charge is 0.493 e. The number of ether oxygens (including phenoxy) is 1. The van der Waals surface area contributed by atoms with Crippen LogP contribution in [-0.2, 0) is 7.05 Å². The van der Waals surface area contributed by atoms with Crippen molar-refractivity contribution >= 4 is 12.2 Å². The Morgan fingerprint density at radius 3 is 2.81 bits per heavy atom. The average molecular weight is 235 g/mol. The van der Waals surface area contributed by atoms with Gasteiger partial charge in [-0.15, -0.1) is 0 Å². The lowest BCUT2D eigenvalue weighted by Crippen LogP contribution is -1.98. The molecule has 1 aromatic heterocycles. The summed E-state index contributed by atoms with van der Waals surface area (Å²) in [5.74, 6) is 1.61. The zero-order chi connectivity index (χ0) is 11.5. The summed E-state index contributed by atoms with van der Waals surface area (Å²) in [6.07, 6.45) is 0. The monoisotopic (exact) mass is 235 g/mol. The lowest BCUT2D eigenvalue weighted by molar-refractivity contribution is 0.341. The summed E-state index contributed by atoms with van der Waals surface area (Å²) < 4.78 is 7.98. The van der Waals surface area contributed by atoms with E-state index in [4.69, 9.17) is 17.0 Å². The van der Waals surface area contributed by atoms with Crippen LogP contribution in [0.4, 0.5) is 0 Å². The van der Waals surface area contributed by atoms with Crippen molar-refractivity contribution in [3.05, 3.63) is 29.0 Å². The molecule has 0 spiro atoms. The normalized spacial score (nSPS) is 10.4. The molecular weight excluding hydrogens is 222 g/mol. The van der Waals surface area contributed by atoms with Crippen molar-refractivity contribution < 1.29 is 4.74 Å². The van der Waals surface area contributed by atoms with Crippen LogP contribution in [-0.4, -0.2) is 21.4 Å². The lowest BCUT2D eigenvalue weighted by atomic mass is 10.2. The molecule has 4 nitrogen and oxygen atoms in total. The van der Waals surface area contributed by atoms with Crippen molar-refractivity contribution in [1.29, 1.82) is 0 Å². The predicted octanol–water partition coefficient (Wildman–Crippen LogP) is 2.54. The highest BCUT2D eigenvalue weighted by molar-refractivity contribution is 7.71. The maximum atomic E-state index is 5.55. The van der Waals surface area contributed by atoms with E-state index >= 15 is 0 Å². The third-order valence-electron chi connectivity index (χ3n) is 2.31. The first-order chi connectivity index (χ1) is 7.74. The first-order valence-corrected chi connectivity index (χ1v) is 5.48. The molecule has 1 N–H and O–H groups in total. The van der Waals surface area contributed by atoms with Gasteiger partial charge in [0.1, 0.15) is 5.75 Å². The number of nitrogens with zero attached hydrogens (tertiary/aromatic N) is 2. The maximum absolute atomic E-state index is 5.55. The number of aromatic amines is 1. The third kappa shape index (κ3) is 1.86. The van der Waals surface area contributed by atoms with E-state index in [1.807, 2.05) is 42.8 Å². The number of nitrogens with one attached hydrogen (secondary N) is 1. The molecule has 0 fully saturated rings. The molecule has 0 saturated heterocycles. The average Bonchev–Trinajstić information content (AvgIpc) is 2.61. The summed E-state index contributed by atoms with van der Waals surface area (Å²) in [4.78, 5) is 0. The van der Waals surface area contributed by atoms with Crippen LogP contribution >= 0.6 is 12.2 Å². The third-order valence-corrected chi connectivity index (χ3v) is 2.67. The second-order valence-electron chi connectivity index (χ2n) is 3.34. The molecule has 1 heterocycles. The van der Waals surface area contributed by atoms with Crippen LogP contribution in [0.25, 0.3) is 11.4 Å². The molecule has 0 amide bonds. The molecule has 16 heavy (non-hydrogen) atoms. The van der Waals surface area contributed by atoms with Gasteiger partial charge in [-0.05, 0) is 31.3 Å². The summed E-state index contributed by atoms with van der Waals surface area (Å²) in [6.45, 7) is 2.59. The van der Waals surface area contributed by atoms with Gasteiger partial charge >= 0.3 is 0 Å². The second kappa shape index (κ2) is 4.49. The lowest BCUT2D eigenvalue weighted by Gasteiger charge is -2.08. The van der Waals surface area contributed by atoms with E-state index in [1.54, 1.807) is 0 Å². The number of benzene rings is 1. The first-order valence-electron chi connectivity index (χ1n) is 5.07. The van der Waals surface area contributed by atoms with E-state index < -0.39 is 0 Å². The fraction of sp³-hybridized carbons (Fsp3) is 0.273. The van der Waals surface area contributed by atoms with Crippen LogP contribution in [0.15, 0.2) is 24.3 Å². The van der Waals surface area contributed by atoms with E-state index in [0.717, 1.165) is 17.1 Å². The molecule has 84 valence electrons. The number of rotatable bonds is 3. The summed E-state index contributed by atoms with van der Waals surface area (Å²) in [5.41, 5.74) is 0.944. The molecule has 0 saturated carbocycles. The number of aromatic nitrogens is 3. The van der Waals surface area contributed by atoms with Gasteiger partial charge in [0.2, 0.25) is 0 Å². The Bertz CT molecular complexity index is 544. The second-order valence-corrected chi connectivity index (χ2v) is 3.73. The Kier molecular flexibility index (Phi) is 3.05. The number of para-hydroxylation sites is 1. The molecule has 0 bridgehead atoms. The van der Waals surface area contributed by atoms with E-state index in [2.05, 4.69) is 10.2 Å². The molecular formula is C11H13N3OS. The molecule has 0 atom stereocenters. The Morgan fingerprint density at radius 1 is 1.44 bits per heavy atom. The SMILES string of the molecule is CCOc1ccccc1-c1n[nH]c(=S)n1C. The zero-order valence-electron chi connectivity index (χ0n) is 9.23. The van der Waals surface area contributed by atoms with E-state index in [9.17, 15) is 0 Å². The Balaban J connectivity index is 2.55. The summed E-state index contributed by atoms with van der Waals surface area (Å²) >= 11 is 5.09. The van der Waals surface area contributed by atoms with Gasteiger partial charge in [-0.25, -0.2) is 0 Å². The van der Waals surface area contributed by atoms with Gasteiger partial charge in [0.05, 0.1) is 12.2 Å². The van der Waals surface area contributed by atoms with Crippen LogP contribution in [0.3, 0.4) is 0 Å². The first kappa shape index (κ1) is 10.9. The summed E-state index contributed by atoms with van der Waals surface area (Å²) in [6, 6.07) is 7.79. The molecule has 0 aliphatic carbocycles. The Morgan fingerprint density at radius 2 is 2.19 bits per heavy atom. The molecule has 0 unspecified atom stereocenters. The highest BCUT2D eigenvalue weighted by atomic mass is 32.1. The van der Waals surface area contributed by atoms with Crippen molar-refractivity contribution in [2.24, 2.45) is 7.05 Å². The number of hydrogen-bond acceptors (Lipinski definition) is 3. The van der Waals surface area contributed by atoms with Crippen molar-refractivity contribution in [3.8, 4) is 17.1 Å². The fourth-order valence-electron chi connectivity index (χ4n) is 1.52. The van der Waals surface area contributed by atoms with Gasteiger partial charge in [-0.2, -0.15) is 5.10 Å². The van der Waals surface area contributed by atoms with Crippen LogP contribution in [0.5, 0.6) is 5.75 Å². The molecule has 0 aliphatic rings. The van der Waals surface area contributed by atoms with E-state index in [0.29, 0.717) is 11.4 Å². The molecule has 0 radical (unpaired) electrons. The van der Waals surface area contributed by atoms with Crippen molar-refractivity contribution in [3.63, 3.8) is 0 Å². The van der Waals surface area contributed by atoms with Gasteiger partial charge in [0.15, 0.2) is 10.6 Å². The Hall–Kier alpha value is -1.62. The van der Waals surface area contributed by atoms with Crippen molar-refractivity contribution in [1.82, 2.24) is 14.8 Å². The van der Waals surface area contributed by atoms with Crippen LogP contribution in [0, 0.1) is 4.77 Å². The number of H-pyrrole nitrogens is 1. The molecule has 0 aliphatic heterocycles. The minimum absolute atomic E-state index is 0.598. The van der Waals surface area contributed by atoms with E-state index in [-0.39, 0.29) is 0 Å². The fourth-order valence-corrected chi connectivity index (χ4v) is 1.65. The van der Waals surface area contributed by atoms with Crippen LogP contribution in [0.1, 0.15) is 6.92 Å². The van der Waals surface area contributed by atoms with Gasteiger partial charge in [-0.3, -0.25) is 5.10 Å². The molecule has 5 heteroatoms. The minimum Gasteiger partial charge on any atom is -0.493 e. The van der Waals surface area contributed by atoms with Gasteiger partial charge < -0.3 is 9.30 Å². The minimum atomic E-state index is 0.598. The molecule has 2 aromatic rings. The molecule has 2 rings (SSSR count). The quantitative estimate of drug-likeness (QED) is 0.831. The van der Waals surface area contributed by atoms with Crippen molar-refractivity contribution in [2.45, 2.75) is 6.92 Å². The van der Waals surface area contributed by atoms with Gasteiger partial charge in [0.25, 0.3) is 0 Å². The predicted molar refractivity (Wildman–Crippen MR) is 65.0 cm³/mol. The molecule has 1 aromatic carbocycles. The summed E-state index contributed by atoms with van der Waals surface area (Å²) in [5, 5.41) is 6.96. The van der Waals surface area contributed by atoms with Crippen LogP contribution < -0.4 is 4.74 Å². The standard InChI is InChI=1S/C11H13N3OS/c1-3-15-9-7-5-4-6-8(9)10-12-13-11(16)14(10)2/h4-7H,3H2,1-2H3,(H,13,16). The highest BCUT2D eigenvalue weighted by Gasteiger charge is 2.10. The summed E-state index contributed by atoms with van der Waals surface area (Å²) in [7, 11) is 1.88. The van der Waals surface area contributed by atoms with E-state index in [1.165, 1.54) is 0 Å².